The molecular weight excluding hydrogens is 271 g/mol. The molecule has 0 aliphatic carbocycles. The monoisotopic (exact) mass is 282 g/mol. The Kier molecular flexibility index (Phi) is 3.77. The number of hydrogen-bond donors (Lipinski definition) is 2. The summed E-state index contributed by atoms with van der Waals surface area (Å²) < 4.78 is 39.0. The van der Waals surface area contributed by atoms with E-state index in [0.717, 1.165) is 18.5 Å². The first-order valence-electron chi connectivity index (χ1n) is 5.35. The fraction of sp³-hybridized carbons (Fsp3) is 0.0833. The van der Waals surface area contributed by atoms with Crippen LogP contribution in [-0.4, -0.2) is 18.5 Å². The highest BCUT2D eigenvalue weighted by molar-refractivity contribution is 7.89. The maximum absolute atomic E-state index is 12.9. The first-order valence-corrected chi connectivity index (χ1v) is 6.84. The van der Waals surface area contributed by atoms with E-state index in [1.165, 1.54) is 12.1 Å². The Morgan fingerprint density at radius 1 is 1.21 bits per heavy atom. The van der Waals surface area contributed by atoms with E-state index in [0.29, 0.717) is 5.56 Å². The number of aromatic nitrogens is 1. The summed E-state index contributed by atoms with van der Waals surface area (Å²) in [6.45, 7) is 0.0408. The number of aromatic hydroxyl groups is 1. The van der Waals surface area contributed by atoms with Gasteiger partial charge in [-0.3, -0.25) is 4.98 Å². The first kappa shape index (κ1) is 13.4. The first-order chi connectivity index (χ1) is 8.97. The van der Waals surface area contributed by atoms with Gasteiger partial charge in [-0.1, -0.05) is 12.1 Å². The molecule has 1 aromatic carbocycles. The van der Waals surface area contributed by atoms with E-state index in [9.17, 15) is 12.8 Å². The molecule has 100 valence electrons. The molecule has 0 saturated heterocycles. The number of sulfonamides is 1. The second-order valence-electron chi connectivity index (χ2n) is 3.83. The van der Waals surface area contributed by atoms with Gasteiger partial charge < -0.3 is 5.11 Å². The minimum absolute atomic E-state index is 0.0408. The Bertz CT molecular complexity index is 672. The Labute approximate surface area is 109 Å². The number of benzene rings is 1. The maximum atomic E-state index is 12.9. The molecule has 0 bridgehead atoms. The summed E-state index contributed by atoms with van der Waals surface area (Å²) in [4.78, 5) is 3.26. The van der Waals surface area contributed by atoms with E-state index in [2.05, 4.69) is 9.71 Å². The van der Waals surface area contributed by atoms with Crippen LogP contribution in [0.2, 0.25) is 0 Å². The number of pyridine rings is 1. The minimum atomic E-state index is -3.81. The normalized spacial score (nSPS) is 11.4. The summed E-state index contributed by atoms with van der Waals surface area (Å²) in [7, 11) is -3.81. The third kappa shape index (κ3) is 3.49. The van der Waals surface area contributed by atoms with Gasteiger partial charge in [-0.2, -0.15) is 0 Å². The van der Waals surface area contributed by atoms with Crippen LogP contribution in [0.3, 0.4) is 0 Å². The van der Waals surface area contributed by atoms with Crippen molar-refractivity contribution in [3.05, 3.63) is 54.1 Å². The van der Waals surface area contributed by atoms with Crippen LogP contribution in [0.4, 0.5) is 4.39 Å². The number of halogens is 1. The van der Waals surface area contributed by atoms with Crippen LogP contribution in [0.5, 0.6) is 5.75 Å². The van der Waals surface area contributed by atoms with E-state index < -0.39 is 15.8 Å². The van der Waals surface area contributed by atoms with Crippen molar-refractivity contribution in [3.63, 3.8) is 0 Å². The van der Waals surface area contributed by atoms with Crippen molar-refractivity contribution in [3.8, 4) is 5.75 Å². The lowest BCUT2D eigenvalue weighted by Gasteiger charge is -2.06. The Morgan fingerprint density at radius 3 is 2.53 bits per heavy atom. The van der Waals surface area contributed by atoms with Crippen LogP contribution in [0, 0.1) is 5.82 Å². The van der Waals surface area contributed by atoms with Gasteiger partial charge in [-0.25, -0.2) is 17.5 Å². The van der Waals surface area contributed by atoms with Crippen molar-refractivity contribution in [1.82, 2.24) is 9.71 Å². The van der Waals surface area contributed by atoms with Crippen LogP contribution in [0.25, 0.3) is 0 Å². The zero-order chi connectivity index (χ0) is 13.9. The van der Waals surface area contributed by atoms with Crippen LogP contribution in [-0.2, 0) is 16.6 Å². The smallest absolute Gasteiger partial charge is 0.242 e. The molecule has 19 heavy (non-hydrogen) atoms. The lowest BCUT2D eigenvalue weighted by molar-refractivity contribution is 0.475. The molecule has 2 aromatic rings. The molecule has 0 aliphatic rings. The van der Waals surface area contributed by atoms with Crippen molar-refractivity contribution in [2.75, 3.05) is 0 Å². The average molecular weight is 282 g/mol. The second-order valence-corrected chi connectivity index (χ2v) is 5.60. The lowest BCUT2D eigenvalue weighted by atomic mass is 10.2. The van der Waals surface area contributed by atoms with Crippen molar-refractivity contribution >= 4 is 10.0 Å². The van der Waals surface area contributed by atoms with Crippen molar-refractivity contribution in [1.29, 1.82) is 0 Å². The Hall–Kier alpha value is -1.99. The fourth-order valence-corrected chi connectivity index (χ4v) is 2.41. The van der Waals surface area contributed by atoms with Gasteiger partial charge in [0.1, 0.15) is 16.5 Å². The zero-order valence-electron chi connectivity index (χ0n) is 9.75. The molecule has 2 rings (SSSR count). The highest BCUT2D eigenvalue weighted by atomic mass is 32.2. The molecule has 0 unspecified atom stereocenters. The number of phenols is 1. The summed E-state index contributed by atoms with van der Waals surface area (Å²) in [6.07, 6.45) is 2.00. The summed E-state index contributed by atoms with van der Waals surface area (Å²) in [6, 6.07) is 6.97. The molecule has 7 heteroatoms. The fourth-order valence-electron chi connectivity index (χ4n) is 1.41. The minimum Gasteiger partial charge on any atom is -0.508 e. The number of phenolic OH excluding ortho intramolecular Hbond substituents is 1. The van der Waals surface area contributed by atoms with Gasteiger partial charge in [0.05, 0.1) is 6.20 Å². The van der Waals surface area contributed by atoms with Gasteiger partial charge in [-0.15, -0.1) is 0 Å². The van der Waals surface area contributed by atoms with Gasteiger partial charge in [-0.05, 0) is 23.8 Å². The van der Waals surface area contributed by atoms with Gasteiger partial charge in [0, 0.05) is 12.7 Å². The molecule has 0 radical (unpaired) electrons. The highest BCUT2D eigenvalue weighted by Gasteiger charge is 2.14. The predicted octanol–water partition coefficient (Wildman–Crippen LogP) is 1.40. The van der Waals surface area contributed by atoms with Crippen LogP contribution in [0.15, 0.2) is 47.6 Å². The van der Waals surface area contributed by atoms with E-state index in [1.807, 2.05) is 0 Å². The van der Waals surface area contributed by atoms with Gasteiger partial charge in [0.15, 0.2) is 0 Å². The summed E-state index contributed by atoms with van der Waals surface area (Å²) >= 11 is 0. The molecule has 0 atom stereocenters. The SMILES string of the molecule is O=S(=O)(NCc1ccc(O)cc1)c1cncc(F)c1. The zero-order valence-corrected chi connectivity index (χ0v) is 10.6. The maximum Gasteiger partial charge on any atom is 0.242 e. The molecule has 0 fully saturated rings. The molecule has 0 saturated carbocycles. The third-order valence-electron chi connectivity index (χ3n) is 2.39. The van der Waals surface area contributed by atoms with E-state index in [-0.39, 0.29) is 17.2 Å². The van der Waals surface area contributed by atoms with Crippen LogP contribution >= 0.6 is 0 Å². The molecule has 1 aromatic heterocycles. The molecule has 0 aliphatic heterocycles. The molecule has 0 amide bonds. The quantitative estimate of drug-likeness (QED) is 0.888. The van der Waals surface area contributed by atoms with E-state index in [1.54, 1.807) is 12.1 Å². The summed E-state index contributed by atoms with van der Waals surface area (Å²) in [5.74, 6) is -0.617. The number of nitrogens with zero attached hydrogens (tertiary/aromatic N) is 1. The molecule has 1 heterocycles. The standard InChI is InChI=1S/C12H11FN2O3S/c13-10-5-12(8-14-7-10)19(17,18)15-6-9-1-3-11(16)4-2-9/h1-5,7-8,15-16H,6H2. The number of rotatable bonds is 4. The largest absolute Gasteiger partial charge is 0.508 e. The van der Waals surface area contributed by atoms with E-state index in [4.69, 9.17) is 5.11 Å². The molecule has 2 N–H and O–H groups in total. The van der Waals surface area contributed by atoms with Crippen molar-refractivity contribution in [2.45, 2.75) is 11.4 Å². The second kappa shape index (κ2) is 5.33. The Balaban J connectivity index is 2.12. The van der Waals surface area contributed by atoms with Crippen LogP contribution < -0.4 is 4.72 Å². The van der Waals surface area contributed by atoms with E-state index >= 15 is 0 Å². The number of hydrogen-bond acceptors (Lipinski definition) is 4. The lowest BCUT2D eigenvalue weighted by Crippen LogP contribution is -2.23. The highest BCUT2D eigenvalue weighted by Crippen LogP contribution is 2.12. The number of nitrogens with one attached hydrogen (secondary N) is 1. The summed E-state index contributed by atoms with van der Waals surface area (Å²) in [5, 5.41) is 9.10. The van der Waals surface area contributed by atoms with Gasteiger partial charge in [0.25, 0.3) is 0 Å². The van der Waals surface area contributed by atoms with Gasteiger partial charge >= 0.3 is 0 Å². The predicted molar refractivity (Wildman–Crippen MR) is 66.3 cm³/mol. The van der Waals surface area contributed by atoms with Gasteiger partial charge in [0.2, 0.25) is 10.0 Å². The van der Waals surface area contributed by atoms with Crippen molar-refractivity contribution < 1.29 is 17.9 Å². The third-order valence-corrected chi connectivity index (χ3v) is 3.76. The average Bonchev–Trinajstić information content (AvgIpc) is 2.38. The topological polar surface area (TPSA) is 79.3 Å². The van der Waals surface area contributed by atoms with Crippen LogP contribution in [0.1, 0.15) is 5.56 Å². The molecular formula is C12H11FN2O3S. The Morgan fingerprint density at radius 2 is 1.89 bits per heavy atom. The molecule has 5 nitrogen and oxygen atoms in total. The summed E-state index contributed by atoms with van der Waals surface area (Å²) in [5.41, 5.74) is 0.672. The molecule has 0 spiro atoms. The van der Waals surface area contributed by atoms with Crippen molar-refractivity contribution in [2.24, 2.45) is 0 Å².